The number of aryl methyl sites for hydroxylation is 1. The quantitative estimate of drug-likeness (QED) is 0.657. The van der Waals surface area contributed by atoms with E-state index in [0.717, 1.165) is 27.9 Å². The van der Waals surface area contributed by atoms with Crippen LogP contribution in [-0.4, -0.2) is 24.3 Å². The smallest absolute Gasteiger partial charge is 0.263 e. The number of amides is 1. The average molecular weight is 364 g/mol. The molecule has 1 aromatic carbocycles. The van der Waals surface area contributed by atoms with Gasteiger partial charge in [-0.15, -0.1) is 11.3 Å². The minimum Gasteiger partial charge on any atom is -0.342 e. The number of thiophene rings is 1. The van der Waals surface area contributed by atoms with E-state index in [1.807, 2.05) is 25.1 Å². The number of primary sulfonamides is 1. The van der Waals surface area contributed by atoms with E-state index < -0.39 is 22.0 Å². The fourth-order valence-electron chi connectivity index (χ4n) is 2.37. The molecule has 7 nitrogen and oxygen atoms in total. The van der Waals surface area contributed by atoms with Gasteiger partial charge in [-0.05, 0) is 43.0 Å². The van der Waals surface area contributed by atoms with E-state index in [9.17, 15) is 13.2 Å². The summed E-state index contributed by atoms with van der Waals surface area (Å²) >= 11 is 1.03. The minimum absolute atomic E-state index is 0.0660. The van der Waals surface area contributed by atoms with Crippen LogP contribution in [0.2, 0.25) is 0 Å². The maximum absolute atomic E-state index is 12.4. The van der Waals surface area contributed by atoms with E-state index in [4.69, 9.17) is 5.14 Å². The zero-order valence-electron chi connectivity index (χ0n) is 13.0. The lowest BCUT2D eigenvalue weighted by atomic mass is 10.2. The van der Waals surface area contributed by atoms with Gasteiger partial charge in [0.2, 0.25) is 10.0 Å². The van der Waals surface area contributed by atoms with Crippen molar-refractivity contribution in [1.29, 1.82) is 0 Å². The van der Waals surface area contributed by atoms with E-state index in [-0.39, 0.29) is 9.77 Å². The SMILES string of the molecule is Cc1ccc2nc(C(C)NC(=O)c3sccc3S(N)(=O)=O)[nH]c2c1. The number of imidazole rings is 1. The van der Waals surface area contributed by atoms with Crippen molar-refractivity contribution in [2.24, 2.45) is 5.14 Å². The summed E-state index contributed by atoms with van der Waals surface area (Å²) in [5.74, 6) is 0.0934. The van der Waals surface area contributed by atoms with Crippen LogP contribution in [0.15, 0.2) is 34.5 Å². The second-order valence-electron chi connectivity index (χ2n) is 5.50. The van der Waals surface area contributed by atoms with Crippen LogP contribution in [0.4, 0.5) is 0 Å². The first kappa shape index (κ1) is 16.6. The lowest BCUT2D eigenvalue weighted by Crippen LogP contribution is -2.28. The normalized spacial score (nSPS) is 13.1. The van der Waals surface area contributed by atoms with Gasteiger partial charge in [0, 0.05) is 0 Å². The molecule has 0 saturated heterocycles. The van der Waals surface area contributed by atoms with Gasteiger partial charge in [0.25, 0.3) is 5.91 Å². The lowest BCUT2D eigenvalue weighted by Gasteiger charge is -2.11. The number of rotatable bonds is 4. The van der Waals surface area contributed by atoms with Crippen LogP contribution < -0.4 is 10.5 Å². The van der Waals surface area contributed by atoms with E-state index in [1.54, 1.807) is 6.92 Å². The highest BCUT2D eigenvalue weighted by Crippen LogP contribution is 2.22. The minimum atomic E-state index is -3.93. The predicted molar refractivity (Wildman–Crippen MR) is 92.4 cm³/mol. The number of carbonyl (C=O) groups is 1. The zero-order chi connectivity index (χ0) is 17.5. The monoisotopic (exact) mass is 364 g/mol. The molecule has 2 heterocycles. The van der Waals surface area contributed by atoms with Crippen molar-refractivity contribution in [2.45, 2.75) is 24.8 Å². The summed E-state index contributed by atoms with van der Waals surface area (Å²) in [5, 5.41) is 9.39. The molecule has 0 radical (unpaired) electrons. The second kappa shape index (κ2) is 6.00. The van der Waals surface area contributed by atoms with Crippen molar-refractivity contribution < 1.29 is 13.2 Å². The second-order valence-corrected chi connectivity index (χ2v) is 7.94. The summed E-state index contributed by atoms with van der Waals surface area (Å²) < 4.78 is 23.0. The number of H-pyrrole nitrogens is 1. The van der Waals surface area contributed by atoms with Crippen LogP contribution in [0.3, 0.4) is 0 Å². The van der Waals surface area contributed by atoms with Gasteiger partial charge in [0.05, 0.1) is 17.1 Å². The molecule has 4 N–H and O–H groups in total. The number of hydrogen-bond acceptors (Lipinski definition) is 5. The fourth-order valence-corrected chi connectivity index (χ4v) is 4.24. The van der Waals surface area contributed by atoms with Crippen molar-refractivity contribution in [3.63, 3.8) is 0 Å². The highest BCUT2D eigenvalue weighted by Gasteiger charge is 2.23. The van der Waals surface area contributed by atoms with E-state index in [0.29, 0.717) is 5.82 Å². The Morgan fingerprint density at radius 3 is 2.83 bits per heavy atom. The Labute approximate surface area is 143 Å². The van der Waals surface area contributed by atoms with Crippen molar-refractivity contribution in [2.75, 3.05) is 0 Å². The van der Waals surface area contributed by atoms with E-state index in [2.05, 4.69) is 15.3 Å². The van der Waals surface area contributed by atoms with Crippen LogP contribution >= 0.6 is 11.3 Å². The van der Waals surface area contributed by atoms with Gasteiger partial charge in [0.15, 0.2) is 0 Å². The first-order valence-corrected chi connectivity index (χ1v) is 9.56. The molecule has 0 fully saturated rings. The fraction of sp³-hybridized carbons (Fsp3) is 0.200. The molecule has 24 heavy (non-hydrogen) atoms. The molecule has 2 aromatic heterocycles. The van der Waals surface area contributed by atoms with Crippen LogP contribution in [-0.2, 0) is 10.0 Å². The van der Waals surface area contributed by atoms with Gasteiger partial charge < -0.3 is 10.3 Å². The van der Waals surface area contributed by atoms with Crippen molar-refractivity contribution in [3.05, 3.63) is 45.9 Å². The number of aromatic nitrogens is 2. The molecule has 0 bridgehead atoms. The molecule has 1 atom stereocenters. The van der Waals surface area contributed by atoms with E-state index in [1.165, 1.54) is 11.4 Å². The van der Waals surface area contributed by atoms with Crippen molar-refractivity contribution in [1.82, 2.24) is 15.3 Å². The highest BCUT2D eigenvalue weighted by atomic mass is 32.2. The summed E-state index contributed by atoms with van der Waals surface area (Å²) in [6, 6.07) is 6.74. The Morgan fingerprint density at radius 2 is 2.12 bits per heavy atom. The summed E-state index contributed by atoms with van der Waals surface area (Å²) in [4.78, 5) is 19.9. The molecule has 0 spiro atoms. The number of benzene rings is 1. The van der Waals surface area contributed by atoms with Crippen LogP contribution in [0, 0.1) is 6.92 Å². The molecule has 3 aromatic rings. The lowest BCUT2D eigenvalue weighted by molar-refractivity contribution is 0.0939. The summed E-state index contributed by atoms with van der Waals surface area (Å²) in [6.45, 7) is 3.75. The molecule has 3 rings (SSSR count). The molecule has 0 aliphatic heterocycles. The Morgan fingerprint density at radius 1 is 1.38 bits per heavy atom. The largest absolute Gasteiger partial charge is 0.342 e. The number of nitrogens with two attached hydrogens (primary N) is 1. The Bertz CT molecular complexity index is 1020. The number of nitrogens with zero attached hydrogens (tertiary/aromatic N) is 1. The van der Waals surface area contributed by atoms with Gasteiger partial charge in [0.1, 0.15) is 15.6 Å². The summed E-state index contributed by atoms with van der Waals surface area (Å²) in [6.07, 6.45) is 0. The van der Waals surface area contributed by atoms with Gasteiger partial charge in [-0.1, -0.05) is 6.07 Å². The summed E-state index contributed by atoms with van der Waals surface area (Å²) in [7, 11) is -3.93. The third kappa shape index (κ3) is 3.18. The maximum Gasteiger partial charge on any atom is 0.263 e. The Balaban J connectivity index is 1.85. The van der Waals surface area contributed by atoms with E-state index >= 15 is 0 Å². The third-order valence-corrected chi connectivity index (χ3v) is 5.55. The number of sulfonamides is 1. The summed E-state index contributed by atoms with van der Waals surface area (Å²) in [5.41, 5.74) is 2.79. The molecular weight excluding hydrogens is 348 g/mol. The molecule has 0 saturated carbocycles. The van der Waals surface area contributed by atoms with Crippen LogP contribution in [0.1, 0.15) is 34.0 Å². The van der Waals surface area contributed by atoms with Gasteiger partial charge >= 0.3 is 0 Å². The molecule has 0 aliphatic rings. The average Bonchev–Trinajstić information content (AvgIpc) is 3.12. The van der Waals surface area contributed by atoms with Crippen molar-refractivity contribution in [3.8, 4) is 0 Å². The number of hydrogen-bond donors (Lipinski definition) is 3. The molecule has 126 valence electrons. The molecule has 1 amide bonds. The van der Waals surface area contributed by atoms with Gasteiger partial charge in [-0.3, -0.25) is 4.79 Å². The molecule has 9 heteroatoms. The Kier molecular flexibility index (Phi) is 4.16. The maximum atomic E-state index is 12.4. The molecular formula is C15H16N4O3S2. The Hall–Kier alpha value is -2.23. The predicted octanol–water partition coefficient (Wildman–Crippen LogP) is 2.07. The van der Waals surface area contributed by atoms with Crippen molar-refractivity contribution >= 4 is 38.3 Å². The number of fused-ring (bicyclic) bond motifs is 1. The number of carbonyl (C=O) groups excluding carboxylic acids is 1. The first-order chi connectivity index (χ1) is 11.3. The zero-order valence-corrected chi connectivity index (χ0v) is 14.7. The van der Waals surface area contributed by atoms with Gasteiger partial charge in [-0.25, -0.2) is 18.5 Å². The number of nitrogens with one attached hydrogen (secondary N) is 2. The van der Waals surface area contributed by atoms with Crippen LogP contribution in [0.25, 0.3) is 11.0 Å². The molecule has 0 aliphatic carbocycles. The number of aromatic amines is 1. The topological polar surface area (TPSA) is 118 Å². The van der Waals surface area contributed by atoms with Crippen LogP contribution in [0.5, 0.6) is 0 Å². The molecule has 1 unspecified atom stereocenters. The third-order valence-electron chi connectivity index (χ3n) is 3.56. The highest BCUT2D eigenvalue weighted by molar-refractivity contribution is 7.89. The first-order valence-electron chi connectivity index (χ1n) is 7.13. The standard InChI is InChI=1S/C15H16N4O3S2/c1-8-3-4-10-11(7-8)19-14(18-10)9(2)17-15(20)13-12(5-6-23-13)24(16,21)22/h3-7,9H,1-2H3,(H,17,20)(H,18,19)(H2,16,21,22). The van der Waals surface area contributed by atoms with Gasteiger partial charge in [-0.2, -0.15) is 0 Å².